The van der Waals surface area contributed by atoms with Crippen molar-refractivity contribution in [2.45, 2.75) is 45.1 Å². The molecule has 2 amide bonds. The fourth-order valence-electron chi connectivity index (χ4n) is 3.32. The van der Waals surface area contributed by atoms with Crippen molar-refractivity contribution < 1.29 is 9.59 Å². The lowest BCUT2D eigenvalue weighted by molar-refractivity contribution is -0.137. The first-order valence-electron chi connectivity index (χ1n) is 7.85. The van der Waals surface area contributed by atoms with E-state index in [2.05, 4.69) is 6.92 Å². The van der Waals surface area contributed by atoms with Gasteiger partial charge in [0, 0.05) is 29.4 Å². The highest BCUT2D eigenvalue weighted by molar-refractivity contribution is 7.10. The maximum Gasteiger partial charge on any atom is 0.255 e. The van der Waals surface area contributed by atoms with Crippen molar-refractivity contribution in [2.24, 2.45) is 0 Å². The van der Waals surface area contributed by atoms with Crippen LogP contribution in [0.5, 0.6) is 0 Å². The smallest absolute Gasteiger partial charge is 0.255 e. The standard InChI is InChI=1S/C16H22N2O2S/c1-2-14-9-12(11-21-14)16(20)17-7-8-18(15(19)10-17)13-5-3-4-6-13/h9,11,13H,2-8,10H2,1H3. The van der Waals surface area contributed by atoms with Gasteiger partial charge in [-0.15, -0.1) is 11.3 Å². The molecule has 2 aliphatic rings. The lowest BCUT2D eigenvalue weighted by Gasteiger charge is -2.37. The number of hydrogen-bond donors (Lipinski definition) is 0. The lowest BCUT2D eigenvalue weighted by atomic mass is 10.1. The summed E-state index contributed by atoms with van der Waals surface area (Å²) in [4.78, 5) is 29.7. The summed E-state index contributed by atoms with van der Waals surface area (Å²) in [6.45, 7) is 3.69. The Balaban J connectivity index is 1.63. The number of amides is 2. The highest BCUT2D eigenvalue weighted by Gasteiger charge is 2.33. The summed E-state index contributed by atoms with van der Waals surface area (Å²) in [6.07, 6.45) is 5.66. The first-order valence-corrected chi connectivity index (χ1v) is 8.73. The molecular weight excluding hydrogens is 284 g/mol. The number of nitrogens with zero attached hydrogens (tertiary/aromatic N) is 2. The molecular formula is C16H22N2O2S. The molecule has 0 radical (unpaired) electrons. The molecule has 5 heteroatoms. The van der Waals surface area contributed by atoms with Crippen molar-refractivity contribution >= 4 is 23.2 Å². The van der Waals surface area contributed by atoms with Gasteiger partial charge in [0.1, 0.15) is 6.54 Å². The minimum atomic E-state index is 0.00497. The average molecular weight is 306 g/mol. The molecule has 0 spiro atoms. The second-order valence-corrected chi connectivity index (χ2v) is 6.90. The number of piperazine rings is 1. The molecule has 2 fully saturated rings. The molecule has 1 aromatic rings. The van der Waals surface area contributed by atoms with Crippen LogP contribution in [0.3, 0.4) is 0 Å². The van der Waals surface area contributed by atoms with Crippen LogP contribution in [0, 0.1) is 0 Å². The van der Waals surface area contributed by atoms with Gasteiger partial charge >= 0.3 is 0 Å². The van der Waals surface area contributed by atoms with Crippen molar-refractivity contribution in [2.75, 3.05) is 19.6 Å². The largest absolute Gasteiger partial charge is 0.336 e. The molecule has 3 rings (SSSR count). The Morgan fingerprint density at radius 3 is 2.71 bits per heavy atom. The molecule has 0 bridgehead atoms. The lowest BCUT2D eigenvalue weighted by Crippen LogP contribution is -2.54. The van der Waals surface area contributed by atoms with Gasteiger partial charge in [0.25, 0.3) is 5.91 Å². The molecule has 2 heterocycles. The van der Waals surface area contributed by atoms with Gasteiger partial charge in [-0.25, -0.2) is 0 Å². The monoisotopic (exact) mass is 306 g/mol. The summed E-state index contributed by atoms with van der Waals surface area (Å²) in [5.74, 6) is 0.123. The van der Waals surface area contributed by atoms with Crippen molar-refractivity contribution in [1.29, 1.82) is 0 Å². The van der Waals surface area contributed by atoms with Crippen LogP contribution in [0.4, 0.5) is 0 Å². The summed E-state index contributed by atoms with van der Waals surface area (Å²) in [5.41, 5.74) is 0.735. The van der Waals surface area contributed by atoms with Crippen LogP contribution in [-0.2, 0) is 11.2 Å². The summed E-state index contributed by atoms with van der Waals surface area (Å²) in [7, 11) is 0. The minimum absolute atomic E-state index is 0.00497. The Morgan fingerprint density at radius 1 is 1.33 bits per heavy atom. The van der Waals surface area contributed by atoms with Crippen LogP contribution in [-0.4, -0.2) is 47.3 Å². The van der Waals surface area contributed by atoms with E-state index in [1.807, 2.05) is 16.3 Å². The number of hydrogen-bond acceptors (Lipinski definition) is 3. The number of carbonyl (C=O) groups excluding carboxylic acids is 2. The van der Waals surface area contributed by atoms with Gasteiger partial charge in [-0.1, -0.05) is 19.8 Å². The fraction of sp³-hybridized carbons (Fsp3) is 0.625. The van der Waals surface area contributed by atoms with Gasteiger partial charge in [0.05, 0.1) is 5.56 Å². The van der Waals surface area contributed by atoms with E-state index in [0.717, 1.165) is 24.8 Å². The average Bonchev–Trinajstić information content (AvgIpc) is 3.17. The Bertz CT molecular complexity index is 534. The van der Waals surface area contributed by atoms with Crippen molar-refractivity contribution in [3.8, 4) is 0 Å². The number of carbonyl (C=O) groups is 2. The maximum absolute atomic E-state index is 12.5. The molecule has 0 unspecified atom stereocenters. The normalized spacial score (nSPS) is 20.3. The van der Waals surface area contributed by atoms with Crippen LogP contribution < -0.4 is 0 Å². The van der Waals surface area contributed by atoms with Crippen LogP contribution in [0.1, 0.15) is 47.8 Å². The fourth-order valence-corrected chi connectivity index (χ4v) is 4.13. The first kappa shape index (κ1) is 14.6. The Labute approximate surface area is 129 Å². The van der Waals surface area contributed by atoms with Crippen molar-refractivity contribution in [3.05, 3.63) is 21.9 Å². The third kappa shape index (κ3) is 2.98. The quantitative estimate of drug-likeness (QED) is 0.861. The third-order valence-electron chi connectivity index (χ3n) is 4.56. The zero-order chi connectivity index (χ0) is 14.8. The van der Waals surface area contributed by atoms with E-state index < -0.39 is 0 Å². The summed E-state index contributed by atoms with van der Waals surface area (Å²) in [5, 5.41) is 1.91. The predicted octanol–water partition coefficient (Wildman–Crippen LogP) is 2.54. The van der Waals surface area contributed by atoms with Gasteiger partial charge in [-0.3, -0.25) is 9.59 Å². The van der Waals surface area contributed by atoms with Gasteiger partial charge in [-0.2, -0.15) is 0 Å². The van der Waals surface area contributed by atoms with Crippen LogP contribution in [0.25, 0.3) is 0 Å². The van der Waals surface area contributed by atoms with E-state index in [1.165, 1.54) is 17.7 Å². The van der Waals surface area contributed by atoms with Crippen LogP contribution in [0.15, 0.2) is 11.4 Å². The van der Waals surface area contributed by atoms with E-state index in [0.29, 0.717) is 19.1 Å². The predicted molar refractivity (Wildman–Crippen MR) is 83.6 cm³/mol. The van der Waals surface area contributed by atoms with E-state index in [1.54, 1.807) is 16.2 Å². The number of thiophene rings is 1. The van der Waals surface area contributed by atoms with Gasteiger partial charge in [-0.05, 0) is 25.3 Å². The van der Waals surface area contributed by atoms with Crippen LogP contribution in [0.2, 0.25) is 0 Å². The van der Waals surface area contributed by atoms with E-state index in [9.17, 15) is 9.59 Å². The molecule has 4 nitrogen and oxygen atoms in total. The number of rotatable bonds is 3. The second kappa shape index (κ2) is 6.18. The Kier molecular flexibility index (Phi) is 4.29. The zero-order valence-electron chi connectivity index (χ0n) is 12.5. The van der Waals surface area contributed by atoms with Crippen molar-refractivity contribution in [1.82, 2.24) is 9.80 Å². The second-order valence-electron chi connectivity index (χ2n) is 5.91. The first-order chi connectivity index (χ1) is 10.2. The molecule has 0 atom stereocenters. The highest BCUT2D eigenvalue weighted by Crippen LogP contribution is 2.25. The van der Waals surface area contributed by atoms with Gasteiger partial charge in [0.2, 0.25) is 5.91 Å². The molecule has 21 heavy (non-hydrogen) atoms. The summed E-state index contributed by atoms with van der Waals surface area (Å²) < 4.78 is 0. The van der Waals surface area contributed by atoms with E-state index in [-0.39, 0.29) is 18.4 Å². The maximum atomic E-state index is 12.5. The van der Waals surface area contributed by atoms with Crippen LogP contribution >= 0.6 is 11.3 Å². The molecule has 0 N–H and O–H groups in total. The van der Waals surface area contributed by atoms with Crippen molar-refractivity contribution in [3.63, 3.8) is 0 Å². The highest BCUT2D eigenvalue weighted by atomic mass is 32.1. The summed E-state index contributed by atoms with van der Waals surface area (Å²) >= 11 is 1.62. The van der Waals surface area contributed by atoms with Gasteiger partial charge < -0.3 is 9.80 Å². The minimum Gasteiger partial charge on any atom is -0.336 e. The molecule has 1 aromatic heterocycles. The van der Waals surface area contributed by atoms with E-state index in [4.69, 9.17) is 0 Å². The SMILES string of the molecule is CCc1cc(C(=O)N2CCN(C3CCCC3)C(=O)C2)cs1. The summed E-state index contributed by atoms with van der Waals surface area (Å²) in [6, 6.07) is 2.38. The molecule has 1 saturated carbocycles. The topological polar surface area (TPSA) is 40.6 Å². The molecule has 114 valence electrons. The Hall–Kier alpha value is -1.36. The molecule has 1 aliphatic heterocycles. The number of aryl methyl sites for hydroxylation is 1. The Morgan fingerprint density at radius 2 is 2.10 bits per heavy atom. The van der Waals surface area contributed by atoms with E-state index >= 15 is 0 Å². The third-order valence-corrected chi connectivity index (χ3v) is 5.64. The zero-order valence-corrected chi connectivity index (χ0v) is 13.3. The molecule has 1 saturated heterocycles. The molecule has 0 aromatic carbocycles. The molecule has 1 aliphatic carbocycles. The van der Waals surface area contributed by atoms with Gasteiger partial charge in [0.15, 0.2) is 0 Å².